The van der Waals surface area contributed by atoms with Crippen LogP contribution in [0.5, 0.6) is 0 Å². The predicted octanol–water partition coefficient (Wildman–Crippen LogP) is -7.34. The number of Topliss-reactive ketones (excluding diaryl/α,β-unsaturated/α-hetero) is 1. The van der Waals surface area contributed by atoms with Gasteiger partial charge in [0, 0.05) is 44.1 Å². The molecule has 18 heteroatoms. The van der Waals surface area contributed by atoms with E-state index >= 15 is 0 Å². The molecule has 0 radical (unpaired) electrons. The van der Waals surface area contributed by atoms with Gasteiger partial charge in [0.2, 0.25) is 0 Å². The van der Waals surface area contributed by atoms with Crippen molar-refractivity contribution in [3.05, 3.63) is 0 Å². The number of nitrogens with two attached hydrogens (primary N) is 3. The van der Waals surface area contributed by atoms with E-state index in [9.17, 15) is 40.5 Å². The molecule has 45 heavy (non-hydrogen) atoms. The van der Waals surface area contributed by atoms with Gasteiger partial charge in [0.25, 0.3) is 0 Å². The molecule has 4 fully saturated rings. The second-order valence-corrected chi connectivity index (χ2v) is 13.1. The fourth-order valence-corrected chi connectivity index (χ4v) is 6.47. The Balaban J connectivity index is 1.52. The Morgan fingerprint density at radius 3 is 2.24 bits per heavy atom. The van der Waals surface area contributed by atoms with E-state index < -0.39 is 108 Å². The predicted molar refractivity (Wildman–Crippen MR) is 153 cm³/mol. The monoisotopic (exact) mass is 653 g/mol. The first-order valence-corrected chi connectivity index (χ1v) is 15.3. The van der Waals surface area contributed by atoms with Crippen LogP contribution in [0.2, 0.25) is 0 Å². The maximum atomic E-state index is 13.0. The summed E-state index contributed by atoms with van der Waals surface area (Å²) in [6.45, 7) is 1.08. The zero-order valence-electron chi connectivity index (χ0n) is 25.5. The molecule has 0 aromatic carbocycles. The molecule has 17 atom stereocenters. The molecule has 18 nitrogen and oxygen atoms in total. The Morgan fingerprint density at radius 1 is 1.00 bits per heavy atom. The number of hydrogen-bond acceptors (Lipinski definition) is 18. The van der Waals surface area contributed by atoms with Crippen molar-refractivity contribution >= 4 is 5.78 Å². The molecule has 4 aliphatic rings. The van der Waals surface area contributed by atoms with Gasteiger partial charge in [-0.05, 0) is 26.3 Å². The maximum absolute atomic E-state index is 13.0. The Morgan fingerprint density at radius 2 is 1.64 bits per heavy atom. The van der Waals surface area contributed by atoms with E-state index in [0.29, 0.717) is 0 Å². The van der Waals surface area contributed by atoms with Crippen molar-refractivity contribution in [2.24, 2.45) is 23.1 Å². The molecular weight excluding hydrogens is 602 g/mol. The number of nitrogens with one attached hydrogen (secondary N) is 2. The van der Waals surface area contributed by atoms with Gasteiger partial charge in [-0.25, -0.2) is 0 Å². The van der Waals surface area contributed by atoms with Crippen molar-refractivity contribution in [2.75, 3.05) is 33.4 Å². The third-order valence-electron chi connectivity index (χ3n) is 9.43. The van der Waals surface area contributed by atoms with Gasteiger partial charge in [0.1, 0.15) is 53.9 Å². The van der Waals surface area contributed by atoms with Crippen molar-refractivity contribution in [3.63, 3.8) is 0 Å². The molecule has 4 rings (SSSR count). The lowest BCUT2D eigenvalue weighted by atomic mass is 9.76. The molecule has 262 valence electrons. The summed E-state index contributed by atoms with van der Waals surface area (Å²) in [6, 6.07) is -3.16. The topological polar surface area (TPSA) is 318 Å². The van der Waals surface area contributed by atoms with Gasteiger partial charge in [-0.15, -0.1) is 0 Å². The van der Waals surface area contributed by atoms with Gasteiger partial charge in [-0.1, -0.05) is 0 Å². The van der Waals surface area contributed by atoms with Crippen LogP contribution < -0.4 is 27.8 Å². The first-order valence-electron chi connectivity index (χ1n) is 15.3. The molecule has 0 aromatic rings. The summed E-state index contributed by atoms with van der Waals surface area (Å²) in [7, 11) is 1.54. The quantitative estimate of drug-likeness (QED) is 0.0877. The van der Waals surface area contributed by atoms with Crippen molar-refractivity contribution in [1.29, 1.82) is 0 Å². The fourth-order valence-electron chi connectivity index (χ4n) is 6.47. The molecule has 4 unspecified atom stereocenters. The van der Waals surface area contributed by atoms with Crippen molar-refractivity contribution < 1.29 is 64.6 Å². The first kappa shape index (κ1) is 36.8. The van der Waals surface area contributed by atoms with Gasteiger partial charge in [0.05, 0.1) is 25.4 Å². The average Bonchev–Trinajstić information content (AvgIpc) is 3.61. The number of carbonyl (C=O) groups excluding carboxylic acids is 1. The second kappa shape index (κ2) is 14.6. The summed E-state index contributed by atoms with van der Waals surface area (Å²) in [4.78, 5) is 13.0. The fraction of sp³-hybridized carbons (Fsp3) is 0.963. The van der Waals surface area contributed by atoms with Crippen molar-refractivity contribution in [2.45, 2.75) is 123 Å². The van der Waals surface area contributed by atoms with E-state index in [2.05, 4.69) is 10.6 Å². The van der Waals surface area contributed by atoms with Crippen LogP contribution in [-0.2, 0) is 23.7 Å². The van der Waals surface area contributed by atoms with Gasteiger partial charge in [-0.2, -0.15) is 0 Å². The summed E-state index contributed by atoms with van der Waals surface area (Å²) in [6.07, 6.45) is -14.8. The minimum atomic E-state index is -1.75. The molecule has 2 aliphatic heterocycles. The minimum Gasteiger partial charge on any atom is -0.395 e. The first-order chi connectivity index (χ1) is 21.0. The van der Waals surface area contributed by atoms with Crippen LogP contribution in [0, 0.1) is 5.92 Å². The zero-order valence-corrected chi connectivity index (χ0v) is 25.5. The van der Waals surface area contributed by atoms with Crippen LogP contribution >= 0.6 is 0 Å². The molecular formula is C27H51N5O13. The highest BCUT2D eigenvalue weighted by molar-refractivity contribution is 5.91. The number of aliphatic hydroxyl groups is 8. The highest BCUT2D eigenvalue weighted by atomic mass is 16.7. The number of likely N-dealkylation sites (N-methyl/N-ethyl adjacent to an activating group) is 1. The van der Waals surface area contributed by atoms with E-state index in [1.165, 1.54) is 14.0 Å². The molecule has 16 N–H and O–H groups in total. The molecule has 0 amide bonds. The Kier molecular flexibility index (Phi) is 12.0. The van der Waals surface area contributed by atoms with E-state index in [4.69, 9.17) is 41.3 Å². The highest BCUT2D eigenvalue weighted by Crippen LogP contribution is 2.41. The van der Waals surface area contributed by atoms with Crippen LogP contribution in [0.25, 0.3) is 0 Å². The van der Waals surface area contributed by atoms with Gasteiger partial charge in [-0.3, -0.25) is 4.79 Å². The lowest BCUT2D eigenvalue weighted by Gasteiger charge is -2.49. The largest absolute Gasteiger partial charge is 0.395 e. The van der Waals surface area contributed by atoms with Gasteiger partial charge < -0.3 is 87.6 Å². The van der Waals surface area contributed by atoms with Crippen LogP contribution in [0.15, 0.2) is 0 Å². The van der Waals surface area contributed by atoms with Crippen LogP contribution in [-0.4, -0.2) is 177 Å². The van der Waals surface area contributed by atoms with Crippen LogP contribution in [0.3, 0.4) is 0 Å². The summed E-state index contributed by atoms with van der Waals surface area (Å²) in [5, 5.41) is 90.3. The molecule has 0 aromatic heterocycles. The highest BCUT2D eigenvalue weighted by Gasteiger charge is 2.58. The summed E-state index contributed by atoms with van der Waals surface area (Å²) < 4.78 is 23.4. The SMILES string of the molecule is CN[C@@H]1[C@@H](O)[C@@H](O[C@H]2[C@H](CC(=O)C3(O)CC3N)C[C@H](N)C(O[C@H]3O[C@H](CNCC(N)CO)[C@@H](O)[C@H](O)[C@H]3O)[C@@H]2O)OC[C@]1(C)O. The normalized spacial score (nSPS) is 49.4. The van der Waals surface area contributed by atoms with E-state index in [1.807, 2.05) is 0 Å². The summed E-state index contributed by atoms with van der Waals surface area (Å²) in [5.41, 5.74) is 14.7. The Bertz CT molecular complexity index is 1000. The number of rotatable bonds is 13. The molecule has 2 saturated carbocycles. The number of ether oxygens (including phenoxy) is 4. The maximum Gasteiger partial charge on any atom is 0.187 e. The lowest BCUT2D eigenvalue weighted by Crippen LogP contribution is -2.67. The minimum absolute atomic E-state index is 0.0114. The number of carbonyl (C=O) groups is 1. The number of aliphatic hydroxyl groups excluding tert-OH is 6. The molecule has 2 heterocycles. The smallest absolute Gasteiger partial charge is 0.187 e. The van der Waals surface area contributed by atoms with E-state index in [1.54, 1.807) is 0 Å². The third-order valence-corrected chi connectivity index (χ3v) is 9.43. The van der Waals surface area contributed by atoms with Gasteiger partial charge >= 0.3 is 0 Å². The van der Waals surface area contributed by atoms with Gasteiger partial charge in [0.15, 0.2) is 18.4 Å². The summed E-state index contributed by atoms with van der Waals surface area (Å²) >= 11 is 0. The molecule has 0 bridgehead atoms. The van der Waals surface area contributed by atoms with E-state index in [0.717, 1.165) is 0 Å². The van der Waals surface area contributed by atoms with Crippen LogP contribution in [0.1, 0.15) is 26.2 Å². The lowest BCUT2D eigenvalue weighted by molar-refractivity contribution is -0.333. The van der Waals surface area contributed by atoms with Crippen molar-refractivity contribution in [3.8, 4) is 0 Å². The second-order valence-electron chi connectivity index (χ2n) is 13.1. The molecule has 2 aliphatic carbocycles. The van der Waals surface area contributed by atoms with Crippen LogP contribution in [0.4, 0.5) is 0 Å². The van der Waals surface area contributed by atoms with Crippen molar-refractivity contribution in [1.82, 2.24) is 10.6 Å². The standard InChI is InChI=1S/C27H51N5O13/c1-26(40)9-42-24(20(39)23(26)31-2)44-21-10(4-15(34)27(41)5-14(27)30)3-12(29)22(19(21)38)45-25-18(37)17(36)16(35)13(43-25)7-32-6-11(28)8-33/h10-14,16-25,31-33,35-41H,3-9,28-30H2,1-2H3/t10-,11?,12-,13+,14?,16+,17-,18+,19+,20+,21-,22?,23+,24+,25+,26-,27?/m0/s1. The number of ketones is 1. The number of hydrogen-bond donors (Lipinski definition) is 13. The third kappa shape index (κ3) is 7.84. The zero-order chi connectivity index (χ0) is 33.4. The summed E-state index contributed by atoms with van der Waals surface area (Å²) in [5.74, 6) is -1.37. The molecule has 2 saturated heterocycles. The Labute approximate surface area is 260 Å². The molecule has 0 spiro atoms. The van der Waals surface area contributed by atoms with E-state index in [-0.39, 0.29) is 45.6 Å². The average molecular weight is 654 g/mol. The Hall–Kier alpha value is -1.01.